The van der Waals surface area contributed by atoms with Crippen LogP contribution in [-0.4, -0.2) is 7.38 Å². The Balaban J connectivity index is 2.30. The maximum absolute atomic E-state index is 7.02. The average Bonchev–Trinajstić information content (AvgIpc) is 2.31. The van der Waals surface area contributed by atoms with Crippen LogP contribution in [-0.2, 0) is 0 Å². The Hall–Kier alpha value is -0.273. The van der Waals surface area contributed by atoms with Crippen LogP contribution in [0.1, 0.15) is 39.0 Å². The fourth-order valence-corrected chi connectivity index (χ4v) is 6.65. The van der Waals surface area contributed by atoms with Gasteiger partial charge in [-0.3, -0.25) is 0 Å². The normalized spacial score (nSPS) is 23.7. The Morgan fingerprint density at radius 3 is 2.19 bits per heavy atom. The molecule has 1 aliphatic rings. The molecule has 0 N–H and O–H groups in total. The number of hydrogen-bond donors (Lipinski definition) is 0. The minimum absolute atomic E-state index is 0.383. The zero-order valence-corrected chi connectivity index (χ0v) is 12.1. The van der Waals surface area contributed by atoms with E-state index in [4.69, 9.17) is 11.1 Å². The summed E-state index contributed by atoms with van der Waals surface area (Å²) in [6, 6.07) is 10.8. The van der Waals surface area contributed by atoms with E-state index < -0.39 is 7.38 Å². The van der Waals surface area contributed by atoms with Crippen LogP contribution < -0.4 is 5.19 Å². The van der Waals surface area contributed by atoms with Gasteiger partial charge in [-0.2, -0.15) is 11.1 Å². The third-order valence-electron chi connectivity index (χ3n) is 4.41. The zero-order chi connectivity index (χ0) is 11.6. The fourth-order valence-electron chi connectivity index (χ4n) is 2.90. The molecule has 1 atom stereocenters. The van der Waals surface area contributed by atoms with Crippen LogP contribution in [0.15, 0.2) is 30.3 Å². The second kappa shape index (κ2) is 4.54. The van der Waals surface area contributed by atoms with Crippen molar-refractivity contribution in [2.45, 2.75) is 50.6 Å². The van der Waals surface area contributed by atoms with Crippen LogP contribution in [0.4, 0.5) is 0 Å². The molecule has 1 unspecified atom stereocenters. The summed E-state index contributed by atoms with van der Waals surface area (Å²) in [5, 5.41) is 1.79. The highest BCUT2D eigenvalue weighted by Crippen LogP contribution is 2.51. The molecule has 1 aromatic carbocycles. The molecular weight excluding hydrogens is 232 g/mol. The van der Waals surface area contributed by atoms with E-state index in [1.165, 1.54) is 37.3 Å². The van der Waals surface area contributed by atoms with Crippen LogP contribution >= 0.6 is 11.1 Å². The molecule has 0 heterocycles. The molecule has 1 fully saturated rings. The molecule has 0 saturated heterocycles. The zero-order valence-electron chi connectivity index (χ0n) is 10.3. The summed E-state index contributed by atoms with van der Waals surface area (Å²) in [4.78, 5) is 0. The molecule has 1 aliphatic carbocycles. The number of halogens is 1. The monoisotopic (exact) mass is 252 g/mol. The molecule has 2 rings (SSSR count). The first-order valence-electron chi connectivity index (χ1n) is 6.31. The third-order valence-corrected chi connectivity index (χ3v) is 10.6. The third kappa shape index (κ3) is 2.08. The molecule has 16 heavy (non-hydrogen) atoms. The van der Waals surface area contributed by atoms with Crippen LogP contribution in [0.3, 0.4) is 0 Å². The lowest BCUT2D eigenvalue weighted by Crippen LogP contribution is -2.50. The Kier molecular flexibility index (Phi) is 3.46. The summed E-state index contributed by atoms with van der Waals surface area (Å²) < 4.78 is 0. The highest BCUT2D eigenvalue weighted by molar-refractivity contribution is 7.28. The molecule has 0 aromatic heterocycles. The van der Waals surface area contributed by atoms with Crippen molar-refractivity contribution >= 4 is 23.6 Å². The van der Waals surface area contributed by atoms with Crippen molar-refractivity contribution in [1.82, 2.24) is 0 Å². The molecule has 1 aromatic rings. The molecular formula is C14H21ClSi. The molecule has 0 nitrogen and oxygen atoms in total. The Bertz CT molecular complexity index is 339. The van der Waals surface area contributed by atoms with Crippen molar-refractivity contribution in [3.05, 3.63) is 30.3 Å². The molecule has 0 spiro atoms. The maximum atomic E-state index is 7.02. The van der Waals surface area contributed by atoms with Crippen LogP contribution in [0.5, 0.6) is 0 Å². The van der Waals surface area contributed by atoms with E-state index in [2.05, 4.69) is 43.8 Å². The summed E-state index contributed by atoms with van der Waals surface area (Å²) >= 11 is 7.02. The van der Waals surface area contributed by atoms with Gasteiger partial charge in [0, 0.05) is 0 Å². The highest BCUT2D eigenvalue weighted by Gasteiger charge is 2.47. The van der Waals surface area contributed by atoms with Gasteiger partial charge < -0.3 is 0 Å². The quantitative estimate of drug-likeness (QED) is 0.540. The molecule has 1 saturated carbocycles. The summed E-state index contributed by atoms with van der Waals surface area (Å²) in [5.74, 6) is 0. The first kappa shape index (κ1) is 12.2. The lowest BCUT2D eigenvalue weighted by molar-refractivity contribution is 0.394. The average molecular weight is 253 g/mol. The highest BCUT2D eigenvalue weighted by atomic mass is 35.6. The van der Waals surface area contributed by atoms with Crippen molar-refractivity contribution in [1.29, 1.82) is 0 Å². The van der Waals surface area contributed by atoms with Gasteiger partial charge in [0.25, 0.3) is 0 Å². The fraction of sp³-hybridized carbons (Fsp3) is 0.571. The summed E-state index contributed by atoms with van der Waals surface area (Å²) in [6.07, 6.45) is 6.74. The molecule has 0 amide bonds. The predicted molar refractivity (Wildman–Crippen MR) is 75.0 cm³/mol. The van der Waals surface area contributed by atoms with Crippen LogP contribution in [0.25, 0.3) is 0 Å². The largest absolute Gasteiger partial charge is 0.189 e. The van der Waals surface area contributed by atoms with E-state index in [0.29, 0.717) is 5.04 Å². The molecule has 0 radical (unpaired) electrons. The first-order chi connectivity index (χ1) is 7.56. The van der Waals surface area contributed by atoms with Crippen molar-refractivity contribution in [3.63, 3.8) is 0 Å². The van der Waals surface area contributed by atoms with Crippen molar-refractivity contribution in [2.24, 2.45) is 0 Å². The van der Waals surface area contributed by atoms with E-state index in [1.807, 2.05) is 0 Å². The topological polar surface area (TPSA) is 0 Å². The van der Waals surface area contributed by atoms with Gasteiger partial charge in [0.05, 0.1) is 0 Å². The van der Waals surface area contributed by atoms with E-state index in [9.17, 15) is 0 Å². The van der Waals surface area contributed by atoms with Gasteiger partial charge in [0.15, 0.2) is 7.38 Å². The van der Waals surface area contributed by atoms with Gasteiger partial charge in [-0.25, -0.2) is 0 Å². The molecule has 88 valence electrons. The summed E-state index contributed by atoms with van der Waals surface area (Å²) in [7, 11) is -1.83. The lowest BCUT2D eigenvalue weighted by Gasteiger charge is -2.43. The second-order valence-corrected chi connectivity index (χ2v) is 11.5. The first-order valence-corrected chi connectivity index (χ1v) is 9.82. The smallest absolute Gasteiger partial charge is 0.161 e. The Morgan fingerprint density at radius 2 is 1.62 bits per heavy atom. The van der Waals surface area contributed by atoms with E-state index in [0.717, 1.165) is 0 Å². The number of benzene rings is 1. The summed E-state index contributed by atoms with van der Waals surface area (Å²) in [5.41, 5.74) is 0. The maximum Gasteiger partial charge on any atom is 0.189 e. The van der Waals surface area contributed by atoms with E-state index in [1.54, 1.807) is 0 Å². The van der Waals surface area contributed by atoms with Gasteiger partial charge in [-0.15, -0.1) is 0 Å². The predicted octanol–water partition coefficient (Wildman–Crippen LogP) is 4.43. The molecule has 2 heteroatoms. The Morgan fingerprint density at radius 1 is 1.06 bits per heavy atom. The standard InChI is InChI=1S/C14H21ClSi/c1-14(11-7-4-8-12-14)16(2,15)13-9-5-3-6-10-13/h3,5-6,9-10H,4,7-8,11-12H2,1-2H3. The SMILES string of the molecule is CC1([Si](C)(Cl)c2ccccc2)CCCCC1. The minimum atomic E-state index is -1.83. The van der Waals surface area contributed by atoms with Gasteiger partial charge in [-0.05, 0) is 23.1 Å². The molecule has 0 aliphatic heterocycles. The van der Waals surface area contributed by atoms with Gasteiger partial charge in [0.1, 0.15) is 0 Å². The van der Waals surface area contributed by atoms with Crippen molar-refractivity contribution in [3.8, 4) is 0 Å². The number of rotatable bonds is 2. The van der Waals surface area contributed by atoms with Crippen molar-refractivity contribution in [2.75, 3.05) is 0 Å². The Labute approximate surface area is 105 Å². The summed E-state index contributed by atoms with van der Waals surface area (Å²) in [6.45, 7) is 4.74. The van der Waals surface area contributed by atoms with Crippen LogP contribution in [0, 0.1) is 0 Å². The van der Waals surface area contributed by atoms with Gasteiger partial charge in [0.2, 0.25) is 0 Å². The minimum Gasteiger partial charge on any atom is -0.161 e. The molecule has 0 bridgehead atoms. The lowest BCUT2D eigenvalue weighted by atomic mass is 9.90. The second-order valence-electron chi connectivity index (χ2n) is 5.49. The van der Waals surface area contributed by atoms with E-state index in [-0.39, 0.29) is 0 Å². The van der Waals surface area contributed by atoms with Crippen LogP contribution in [0.2, 0.25) is 11.6 Å². The number of hydrogen-bond acceptors (Lipinski definition) is 0. The van der Waals surface area contributed by atoms with Gasteiger partial charge >= 0.3 is 0 Å². The van der Waals surface area contributed by atoms with Gasteiger partial charge in [-0.1, -0.05) is 63.1 Å². The van der Waals surface area contributed by atoms with Crippen molar-refractivity contribution < 1.29 is 0 Å². The van der Waals surface area contributed by atoms with E-state index >= 15 is 0 Å².